The van der Waals surface area contributed by atoms with Crippen LogP contribution in [0.5, 0.6) is 0 Å². The van der Waals surface area contributed by atoms with E-state index >= 15 is 0 Å². The van der Waals surface area contributed by atoms with Gasteiger partial charge in [0.25, 0.3) is 0 Å². The minimum Gasteiger partial charge on any atom is -0.496 e. The molecule has 0 radical (unpaired) electrons. The summed E-state index contributed by atoms with van der Waals surface area (Å²) in [4.78, 5) is 8.03. The molecule has 0 saturated carbocycles. The lowest BCUT2D eigenvalue weighted by molar-refractivity contribution is 0.169. The van der Waals surface area contributed by atoms with Crippen LogP contribution in [0.1, 0.15) is 24.4 Å². The summed E-state index contributed by atoms with van der Waals surface area (Å²) in [7, 11) is 1.91. The van der Waals surface area contributed by atoms with Crippen LogP contribution < -0.4 is 5.32 Å². The smallest absolute Gasteiger partial charge is 0.115 e. The fourth-order valence-electron chi connectivity index (χ4n) is 1.71. The van der Waals surface area contributed by atoms with E-state index in [0.717, 1.165) is 30.8 Å². The van der Waals surface area contributed by atoms with Gasteiger partial charge in [0.05, 0.1) is 12.6 Å². The predicted octanol–water partition coefficient (Wildman–Crippen LogP) is 1.43. The number of hydrogen-bond acceptors (Lipinski definition) is 4. The average molecular weight is 205 g/mol. The van der Waals surface area contributed by atoms with E-state index < -0.39 is 0 Å². The van der Waals surface area contributed by atoms with Gasteiger partial charge in [0.1, 0.15) is 12.1 Å². The SMILES string of the molecule is CNC(C1=CCCCO1)c1cncnc1. The van der Waals surface area contributed by atoms with Gasteiger partial charge < -0.3 is 10.1 Å². The van der Waals surface area contributed by atoms with Crippen molar-refractivity contribution in [1.29, 1.82) is 0 Å². The summed E-state index contributed by atoms with van der Waals surface area (Å²) < 4.78 is 5.63. The van der Waals surface area contributed by atoms with E-state index in [1.165, 1.54) is 6.33 Å². The van der Waals surface area contributed by atoms with Gasteiger partial charge in [-0.25, -0.2) is 9.97 Å². The quantitative estimate of drug-likeness (QED) is 0.811. The summed E-state index contributed by atoms with van der Waals surface area (Å²) in [6.07, 6.45) is 9.48. The molecule has 80 valence electrons. The second kappa shape index (κ2) is 4.89. The molecule has 0 saturated heterocycles. The normalized spacial score (nSPS) is 17.8. The highest BCUT2D eigenvalue weighted by Crippen LogP contribution is 2.24. The van der Waals surface area contributed by atoms with Crippen molar-refractivity contribution in [1.82, 2.24) is 15.3 Å². The molecule has 1 aromatic rings. The minimum absolute atomic E-state index is 0.0755. The summed E-state index contributed by atoms with van der Waals surface area (Å²) in [6.45, 7) is 0.803. The largest absolute Gasteiger partial charge is 0.496 e. The predicted molar refractivity (Wildman–Crippen MR) is 57.1 cm³/mol. The van der Waals surface area contributed by atoms with Crippen LogP contribution in [-0.4, -0.2) is 23.6 Å². The maximum Gasteiger partial charge on any atom is 0.115 e. The van der Waals surface area contributed by atoms with Crippen molar-refractivity contribution in [2.75, 3.05) is 13.7 Å². The third kappa shape index (κ3) is 2.33. The molecule has 0 fully saturated rings. The number of hydrogen-bond donors (Lipinski definition) is 1. The summed E-state index contributed by atoms with van der Waals surface area (Å²) >= 11 is 0. The Balaban J connectivity index is 2.20. The van der Waals surface area contributed by atoms with Crippen LogP contribution in [0.15, 0.2) is 30.6 Å². The number of likely N-dealkylation sites (N-methyl/N-ethyl adjacent to an activating group) is 1. The Hall–Kier alpha value is -1.42. The number of allylic oxidation sites excluding steroid dienone is 1. The lowest BCUT2D eigenvalue weighted by Gasteiger charge is -2.23. The van der Waals surface area contributed by atoms with Crippen LogP contribution in [0.2, 0.25) is 0 Å². The van der Waals surface area contributed by atoms with E-state index in [1.807, 2.05) is 19.4 Å². The average Bonchev–Trinajstić information content (AvgIpc) is 2.33. The molecule has 1 aliphatic rings. The first-order chi connectivity index (χ1) is 7.42. The Morgan fingerprint density at radius 1 is 1.40 bits per heavy atom. The molecule has 1 atom stereocenters. The van der Waals surface area contributed by atoms with Crippen molar-refractivity contribution in [3.8, 4) is 0 Å². The molecule has 0 aromatic carbocycles. The van der Waals surface area contributed by atoms with E-state index in [-0.39, 0.29) is 6.04 Å². The van der Waals surface area contributed by atoms with E-state index in [1.54, 1.807) is 0 Å². The first kappa shape index (κ1) is 10.1. The number of rotatable bonds is 3. The van der Waals surface area contributed by atoms with E-state index in [9.17, 15) is 0 Å². The Labute approximate surface area is 89.4 Å². The standard InChI is InChI=1S/C11H15N3O/c1-12-11(9-6-13-8-14-7-9)10-4-2-3-5-15-10/h4,6-8,11-12H,2-3,5H2,1H3. The molecule has 0 aliphatic carbocycles. The van der Waals surface area contributed by atoms with Crippen molar-refractivity contribution in [3.63, 3.8) is 0 Å². The Kier molecular flexibility index (Phi) is 3.29. The number of ether oxygens (including phenoxy) is 1. The van der Waals surface area contributed by atoms with Gasteiger partial charge in [-0.2, -0.15) is 0 Å². The van der Waals surface area contributed by atoms with Crippen LogP contribution in [0, 0.1) is 0 Å². The van der Waals surface area contributed by atoms with Gasteiger partial charge >= 0.3 is 0 Å². The molecule has 2 heterocycles. The van der Waals surface area contributed by atoms with Crippen molar-refractivity contribution in [3.05, 3.63) is 36.1 Å². The Morgan fingerprint density at radius 2 is 2.20 bits per heavy atom. The fraction of sp³-hybridized carbons (Fsp3) is 0.455. The number of nitrogens with zero attached hydrogens (tertiary/aromatic N) is 2. The van der Waals surface area contributed by atoms with Crippen LogP contribution in [0.25, 0.3) is 0 Å². The highest BCUT2D eigenvalue weighted by atomic mass is 16.5. The topological polar surface area (TPSA) is 47.0 Å². The Morgan fingerprint density at radius 3 is 2.80 bits per heavy atom. The maximum absolute atomic E-state index is 5.63. The molecule has 0 amide bonds. The van der Waals surface area contributed by atoms with E-state index in [2.05, 4.69) is 21.4 Å². The maximum atomic E-state index is 5.63. The first-order valence-electron chi connectivity index (χ1n) is 5.17. The Bertz CT molecular complexity index is 337. The zero-order chi connectivity index (χ0) is 10.5. The molecular formula is C11H15N3O. The second-order valence-corrected chi connectivity index (χ2v) is 3.49. The second-order valence-electron chi connectivity index (χ2n) is 3.49. The lowest BCUT2D eigenvalue weighted by Crippen LogP contribution is -2.22. The third-order valence-corrected chi connectivity index (χ3v) is 2.45. The molecule has 15 heavy (non-hydrogen) atoms. The van der Waals surface area contributed by atoms with Gasteiger partial charge in [0.15, 0.2) is 0 Å². The van der Waals surface area contributed by atoms with Crippen LogP contribution in [0.4, 0.5) is 0 Å². The van der Waals surface area contributed by atoms with Gasteiger partial charge in [-0.3, -0.25) is 0 Å². The molecule has 0 spiro atoms. The molecule has 0 bridgehead atoms. The summed E-state index contributed by atoms with van der Waals surface area (Å²) in [5.41, 5.74) is 1.04. The molecular weight excluding hydrogens is 190 g/mol. The molecule has 1 N–H and O–H groups in total. The molecule has 2 rings (SSSR count). The van der Waals surface area contributed by atoms with Crippen molar-refractivity contribution in [2.45, 2.75) is 18.9 Å². The van der Waals surface area contributed by atoms with Crippen molar-refractivity contribution in [2.24, 2.45) is 0 Å². The van der Waals surface area contributed by atoms with Crippen molar-refractivity contribution < 1.29 is 4.74 Å². The van der Waals surface area contributed by atoms with Gasteiger partial charge in [-0.1, -0.05) is 0 Å². The zero-order valence-electron chi connectivity index (χ0n) is 8.81. The zero-order valence-corrected chi connectivity index (χ0v) is 8.81. The van der Waals surface area contributed by atoms with Crippen LogP contribution in [-0.2, 0) is 4.74 Å². The highest BCUT2D eigenvalue weighted by molar-refractivity contribution is 5.20. The van der Waals surface area contributed by atoms with Gasteiger partial charge in [0.2, 0.25) is 0 Å². The third-order valence-electron chi connectivity index (χ3n) is 2.45. The summed E-state index contributed by atoms with van der Waals surface area (Å²) in [5, 5.41) is 3.21. The molecule has 1 unspecified atom stereocenters. The number of aromatic nitrogens is 2. The fourth-order valence-corrected chi connectivity index (χ4v) is 1.71. The summed E-state index contributed by atoms with van der Waals surface area (Å²) in [5.74, 6) is 0.985. The van der Waals surface area contributed by atoms with E-state index in [4.69, 9.17) is 4.74 Å². The first-order valence-corrected chi connectivity index (χ1v) is 5.17. The van der Waals surface area contributed by atoms with Gasteiger partial charge in [-0.15, -0.1) is 0 Å². The van der Waals surface area contributed by atoms with Gasteiger partial charge in [-0.05, 0) is 26.0 Å². The minimum atomic E-state index is 0.0755. The van der Waals surface area contributed by atoms with Crippen molar-refractivity contribution >= 4 is 0 Å². The highest BCUT2D eigenvalue weighted by Gasteiger charge is 2.18. The number of nitrogens with one attached hydrogen (secondary N) is 1. The van der Waals surface area contributed by atoms with Crippen LogP contribution in [0.3, 0.4) is 0 Å². The van der Waals surface area contributed by atoms with Gasteiger partial charge in [0, 0.05) is 18.0 Å². The molecule has 4 nitrogen and oxygen atoms in total. The van der Waals surface area contributed by atoms with Crippen LogP contribution >= 0.6 is 0 Å². The summed E-state index contributed by atoms with van der Waals surface area (Å²) in [6, 6.07) is 0.0755. The molecule has 1 aromatic heterocycles. The molecule has 1 aliphatic heterocycles. The molecule has 4 heteroatoms. The monoisotopic (exact) mass is 205 g/mol. The van der Waals surface area contributed by atoms with E-state index in [0.29, 0.717) is 0 Å². The lowest BCUT2D eigenvalue weighted by atomic mass is 10.1.